The topological polar surface area (TPSA) is 94.4 Å². The molecular weight excluding hydrogens is 296 g/mol. The molecule has 1 rings (SSSR count). The summed E-state index contributed by atoms with van der Waals surface area (Å²) in [7, 11) is -2.01. The Hall–Kier alpha value is -1.74. The molecule has 1 heterocycles. The largest absolute Gasteiger partial charge is 0.383 e. The number of rotatable bonds is 8. The first-order chi connectivity index (χ1) is 9.96. The third-order valence-electron chi connectivity index (χ3n) is 2.60. The summed E-state index contributed by atoms with van der Waals surface area (Å²) in [5, 5.41) is 3.43. The highest BCUT2D eigenvalue weighted by Gasteiger charge is 2.22. The molecule has 0 spiro atoms. The summed E-state index contributed by atoms with van der Waals surface area (Å²) in [5.74, 6) is -0.0503. The van der Waals surface area contributed by atoms with E-state index in [9.17, 15) is 13.2 Å². The smallest absolute Gasteiger partial charge is 0.346 e. The van der Waals surface area contributed by atoms with Crippen LogP contribution in [0.4, 0.5) is 4.79 Å². The fourth-order valence-corrected chi connectivity index (χ4v) is 2.75. The first-order valence-electron chi connectivity index (χ1n) is 6.49. The van der Waals surface area contributed by atoms with Crippen LogP contribution in [-0.2, 0) is 14.6 Å². The number of amides is 1. The van der Waals surface area contributed by atoms with Crippen LogP contribution in [0, 0.1) is 0 Å². The number of hydrogen-bond acceptors (Lipinski definition) is 6. The van der Waals surface area contributed by atoms with Gasteiger partial charge < -0.3 is 9.64 Å². The normalized spacial score (nSPS) is 11.3. The molecule has 0 aromatic carbocycles. The van der Waals surface area contributed by atoms with Crippen LogP contribution in [0.25, 0.3) is 0 Å². The Bertz CT molecular complexity index is 582. The molecule has 0 saturated heterocycles. The van der Waals surface area contributed by atoms with Gasteiger partial charge in [-0.2, -0.15) is 4.68 Å². The molecule has 0 atom stereocenters. The number of nitrogens with zero attached hydrogens (tertiary/aromatic N) is 4. The summed E-state index contributed by atoms with van der Waals surface area (Å²) in [6, 6.07) is -0.475. The van der Waals surface area contributed by atoms with Crippen molar-refractivity contribution in [2.45, 2.75) is 18.5 Å². The Labute approximate surface area is 124 Å². The average molecular weight is 316 g/mol. The monoisotopic (exact) mass is 316 g/mol. The van der Waals surface area contributed by atoms with E-state index >= 15 is 0 Å². The van der Waals surface area contributed by atoms with Crippen LogP contribution < -0.4 is 0 Å². The van der Waals surface area contributed by atoms with Crippen LogP contribution in [-0.4, -0.2) is 66.7 Å². The van der Waals surface area contributed by atoms with Gasteiger partial charge in [-0.3, -0.25) is 0 Å². The number of sulfone groups is 1. The molecule has 1 amide bonds. The highest BCUT2D eigenvalue weighted by molar-refractivity contribution is 7.91. The van der Waals surface area contributed by atoms with Crippen LogP contribution in [0.1, 0.15) is 13.3 Å². The Balaban J connectivity index is 2.92. The van der Waals surface area contributed by atoms with E-state index in [1.54, 1.807) is 13.0 Å². The molecule has 0 aliphatic heterocycles. The Morgan fingerprint density at radius 1 is 1.57 bits per heavy atom. The van der Waals surface area contributed by atoms with Crippen molar-refractivity contribution in [1.29, 1.82) is 0 Å². The zero-order valence-corrected chi connectivity index (χ0v) is 13.0. The molecule has 0 fully saturated rings. The van der Waals surface area contributed by atoms with E-state index in [2.05, 4.69) is 16.7 Å². The van der Waals surface area contributed by atoms with Gasteiger partial charge in [-0.05, 0) is 6.42 Å². The first-order valence-corrected chi connectivity index (χ1v) is 8.15. The van der Waals surface area contributed by atoms with Crippen molar-refractivity contribution < 1.29 is 17.9 Å². The van der Waals surface area contributed by atoms with Crippen molar-refractivity contribution in [2.75, 3.05) is 32.6 Å². The molecule has 0 aliphatic rings. The maximum absolute atomic E-state index is 12.2. The van der Waals surface area contributed by atoms with Gasteiger partial charge in [-0.25, -0.2) is 18.2 Å². The van der Waals surface area contributed by atoms with Gasteiger partial charge in [-0.1, -0.05) is 13.0 Å². The minimum atomic E-state index is -3.54. The van der Waals surface area contributed by atoms with Crippen molar-refractivity contribution in [3.05, 3.63) is 19.0 Å². The molecule has 0 radical (unpaired) electrons. The Kier molecular flexibility index (Phi) is 6.50. The van der Waals surface area contributed by atoms with Crippen LogP contribution >= 0.6 is 0 Å². The second-order valence-corrected chi connectivity index (χ2v) is 6.30. The number of hydrogen-bond donors (Lipinski definition) is 0. The van der Waals surface area contributed by atoms with Gasteiger partial charge in [0.25, 0.3) is 5.16 Å². The highest BCUT2D eigenvalue weighted by Crippen LogP contribution is 2.06. The molecule has 21 heavy (non-hydrogen) atoms. The predicted octanol–water partition coefficient (Wildman–Crippen LogP) is 0.564. The summed E-state index contributed by atoms with van der Waals surface area (Å²) in [6.45, 7) is 6.33. The Morgan fingerprint density at radius 2 is 2.29 bits per heavy atom. The molecule has 0 aliphatic carbocycles. The fraction of sp³-hybridized carbons (Fsp3) is 0.583. The van der Waals surface area contributed by atoms with E-state index in [1.807, 2.05) is 0 Å². The minimum absolute atomic E-state index is 0.0503. The molecule has 0 unspecified atom stereocenters. The maximum Gasteiger partial charge on any atom is 0.346 e. The minimum Gasteiger partial charge on any atom is -0.383 e. The van der Waals surface area contributed by atoms with E-state index in [0.29, 0.717) is 26.1 Å². The van der Waals surface area contributed by atoms with Crippen LogP contribution in [0.2, 0.25) is 0 Å². The number of carbonyl (C=O) groups is 1. The van der Waals surface area contributed by atoms with E-state index < -0.39 is 15.9 Å². The lowest BCUT2D eigenvalue weighted by molar-refractivity contribution is 0.153. The lowest BCUT2D eigenvalue weighted by Gasteiger charge is -2.19. The summed E-state index contributed by atoms with van der Waals surface area (Å²) in [4.78, 5) is 17.4. The average Bonchev–Trinajstić information content (AvgIpc) is 2.93. The van der Waals surface area contributed by atoms with Gasteiger partial charge in [0.15, 0.2) is 0 Å². The van der Waals surface area contributed by atoms with Gasteiger partial charge in [0.1, 0.15) is 6.33 Å². The lowest BCUT2D eigenvalue weighted by Crippen LogP contribution is -2.37. The molecule has 8 nitrogen and oxygen atoms in total. The molecule has 1 aromatic heterocycles. The second kappa shape index (κ2) is 7.89. The van der Waals surface area contributed by atoms with E-state index in [0.717, 1.165) is 11.0 Å². The fourth-order valence-electron chi connectivity index (χ4n) is 1.61. The summed E-state index contributed by atoms with van der Waals surface area (Å²) in [6.07, 6.45) is 3.13. The quantitative estimate of drug-likeness (QED) is 0.651. The molecule has 0 saturated carbocycles. The summed E-state index contributed by atoms with van der Waals surface area (Å²) >= 11 is 0. The number of ether oxygens (including phenoxy) is 1. The van der Waals surface area contributed by atoms with Crippen LogP contribution in [0.5, 0.6) is 0 Å². The van der Waals surface area contributed by atoms with Crippen molar-refractivity contribution >= 4 is 15.9 Å². The van der Waals surface area contributed by atoms with E-state index in [-0.39, 0.29) is 10.9 Å². The molecule has 0 N–H and O–H groups in total. The third kappa shape index (κ3) is 4.64. The molecule has 0 bridgehead atoms. The number of aromatic nitrogens is 3. The maximum atomic E-state index is 12.2. The Morgan fingerprint density at radius 3 is 2.86 bits per heavy atom. The SMILES string of the molecule is C=CCN(CCOC)C(=O)n1cnc(S(=O)(=O)CCC)n1. The lowest BCUT2D eigenvalue weighted by atomic mass is 10.5. The van der Waals surface area contributed by atoms with E-state index in [1.165, 1.54) is 12.0 Å². The van der Waals surface area contributed by atoms with Gasteiger partial charge >= 0.3 is 6.03 Å². The number of carbonyl (C=O) groups excluding carboxylic acids is 1. The second-order valence-electron chi connectivity index (χ2n) is 4.30. The van der Waals surface area contributed by atoms with Crippen LogP contribution in [0.3, 0.4) is 0 Å². The molecular formula is C12H20N4O4S. The van der Waals surface area contributed by atoms with Gasteiger partial charge in [0, 0.05) is 20.2 Å². The van der Waals surface area contributed by atoms with E-state index in [4.69, 9.17) is 4.74 Å². The highest BCUT2D eigenvalue weighted by atomic mass is 32.2. The third-order valence-corrected chi connectivity index (χ3v) is 4.29. The number of methoxy groups -OCH3 is 1. The van der Waals surface area contributed by atoms with Gasteiger partial charge in [-0.15, -0.1) is 11.7 Å². The predicted molar refractivity (Wildman–Crippen MR) is 76.8 cm³/mol. The van der Waals surface area contributed by atoms with Gasteiger partial charge in [0.05, 0.1) is 12.4 Å². The first kappa shape index (κ1) is 17.3. The van der Waals surface area contributed by atoms with Crippen molar-refractivity contribution in [3.63, 3.8) is 0 Å². The van der Waals surface area contributed by atoms with Crippen molar-refractivity contribution in [3.8, 4) is 0 Å². The molecule has 9 heteroatoms. The van der Waals surface area contributed by atoms with Gasteiger partial charge in [0.2, 0.25) is 9.84 Å². The molecule has 1 aromatic rings. The molecule has 118 valence electrons. The zero-order chi connectivity index (χ0) is 15.9. The van der Waals surface area contributed by atoms with Crippen molar-refractivity contribution in [2.24, 2.45) is 0 Å². The summed E-state index contributed by atoms with van der Waals surface area (Å²) in [5.41, 5.74) is 0. The van der Waals surface area contributed by atoms with Crippen LogP contribution in [0.15, 0.2) is 24.1 Å². The zero-order valence-electron chi connectivity index (χ0n) is 12.2. The standard InChI is InChI=1S/C12H20N4O4S/c1-4-6-15(7-8-20-3)12(17)16-10-13-11(14-16)21(18,19)9-5-2/h4,10H,1,5-9H2,2-3H3. The summed E-state index contributed by atoms with van der Waals surface area (Å²) < 4.78 is 29.5. The van der Waals surface area contributed by atoms with Crippen molar-refractivity contribution in [1.82, 2.24) is 19.7 Å².